The minimum Gasteiger partial charge on any atom is -0.346 e. The molecule has 0 aromatic carbocycles. The average Bonchev–Trinajstić information content (AvgIpc) is 3.26. The molecule has 2 fully saturated rings. The molecule has 25 heavy (non-hydrogen) atoms. The largest absolute Gasteiger partial charge is 0.346 e. The quantitative estimate of drug-likeness (QED) is 0.786. The second-order valence-corrected chi connectivity index (χ2v) is 7.84. The monoisotopic (exact) mass is 365 g/mol. The molecule has 1 aromatic heterocycles. The summed E-state index contributed by atoms with van der Waals surface area (Å²) in [6, 6.07) is 0. The maximum atomic E-state index is 12.1. The first-order valence-corrected chi connectivity index (χ1v) is 9.88. The first-order valence-electron chi connectivity index (χ1n) is 9.00. The summed E-state index contributed by atoms with van der Waals surface area (Å²) < 4.78 is 0. The van der Waals surface area contributed by atoms with E-state index in [9.17, 15) is 9.59 Å². The van der Waals surface area contributed by atoms with Crippen molar-refractivity contribution in [3.05, 3.63) is 16.1 Å². The van der Waals surface area contributed by atoms with Crippen molar-refractivity contribution < 1.29 is 9.59 Å². The van der Waals surface area contributed by atoms with Crippen LogP contribution in [0.4, 0.5) is 0 Å². The predicted molar refractivity (Wildman–Crippen MR) is 97.4 cm³/mol. The highest BCUT2D eigenvalue weighted by atomic mass is 32.1. The summed E-state index contributed by atoms with van der Waals surface area (Å²) >= 11 is 1.69. The van der Waals surface area contributed by atoms with E-state index in [0.717, 1.165) is 69.4 Å². The molecule has 0 aliphatic carbocycles. The molecule has 2 aliphatic heterocycles. The Labute approximate surface area is 153 Å². The van der Waals surface area contributed by atoms with Gasteiger partial charge in [-0.05, 0) is 19.8 Å². The summed E-state index contributed by atoms with van der Waals surface area (Å²) in [6.07, 6.45) is 2.15. The third-order valence-corrected chi connectivity index (χ3v) is 5.60. The standard InChI is InChI=1S/C17H27N5O2S/c1-14-19-15(13-25-14)11-20-6-8-21(9-7-20)12-16(23)18-10-17(24)22-4-2-3-5-22/h13H,2-12H2,1H3,(H,18,23). The number of nitrogens with zero attached hydrogens (tertiary/aromatic N) is 4. The number of carbonyl (C=O) groups excluding carboxylic acids is 2. The Morgan fingerprint density at radius 2 is 1.80 bits per heavy atom. The van der Waals surface area contributed by atoms with E-state index in [1.165, 1.54) is 0 Å². The fraction of sp³-hybridized carbons (Fsp3) is 0.706. The van der Waals surface area contributed by atoms with Gasteiger partial charge in [0.2, 0.25) is 11.8 Å². The molecule has 2 amide bonds. The number of piperazine rings is 1. The number of hydrogen-bond donors (Lipinski definition) is 1. The van der Waals surface area contributed by atoms with E-state index in [0.29, 0.717) is 6.54 Å². The van der Waals surface area contributed by atoms with Crippen LogP contribution in [0.5, 0.6) is 0 Å². The van der Waals surface area contributed by atoms with Crippen molar-refractivity contribution in [3.8, 4) is 0 Å². The van der Waals surface area contributed by atoms with Crippen molar-refractivity contribution in [2.75, 3.05) is 52.4 Å². The zero-order valence-corrected chi connectivity index (χ0v) is 15.7. The van der Waals surface area contributed by atoms with Gasteiger partial charge in [0, 0.05) is 51.2 Å². The Morgan fingerprint density at radius 3 is 2.44 bits per heavy atom. The summed E-state index contributed by atoms with van der Waals surface area (Å²) in [5, 5.41) is 5.99. The third-order valence-electron chi connectivity index (χ3n) is 4.78. The van der Waals surface area contributed by atoms with Crippen LogP contribution in [-0.2, 0) is 16.1 Å². The maximum absolute atomic E-state index is 12.1. The zero-order valence-electron chi connectivity index (χ0n) is 14.9. The number of amides is 2. The lowest BCUT2D eigenvalue weighted by atomic mass is 10.3. The van der Waals surface area contributed by atoms with Crippen LogP contribution in [0.2, 0.25) is 0 Å². The molecule has 1 N–H and O–H groups in total. The van der Waals surface area contributed by atoms with E-state index >= 15 is 0 Å². The van der Waals surface area contributed by atoms with Crippen molar-refractivity contribution in [2.24, 2.45) is 0 Å². The van der Waals surface area contributed by atoms with Crippen LogP contribution >= 0.6 is 11.3 Å². The smallest absolute Gasteiger partial charge is 0.241 e. The first kappa shape index (κ1) is 18.3. The number of thiazole rings is 1. The highest BCUT2D eigenvalue weighted by molar-refractivity contribution is 7.09. The number of rotatable bonds is 6. The van der Waals surface area contributed by atoms with Crippen LogP contribution in [0.3, 0.4) is 0 Å². The highest BCUT2D eigenvalue weighted by Crippen LogP contribution is 2.12. The van der Waals surface area contributed by atoms with Gasteiger partial charge in [0.25, 0.3) is 0 Å². The van der Waals surface area contributed by atoms with Crippen LogP contribution < -0.4 is 5.32 Å². The molecule has 7 nitrogen and oxygen atoms in total. The number of carbonyl (C=O) groups is 2. The van der Waals surface area contributed by atoms with E-state index in [2.05, 4.69) is 25.5 Å². The molecule has 3 rings (SSSR count). The van der Waals surface area contributed by atoms with E-state index < -0.39 is 0 Å². The normalized spacial score (nSPS) is 19.3. The zero-order chi connectivity index (χ0) is 17.6. The molecule has 0 radical (unpaired) electrons. The van der Waals surface area contributed by atoms with Gasteiger partial charge < -0.3 is 10.2 Å². The molecule has 138 valence electrons. The fourth-order valence-corrected chi connectivity index (χ4v) is 3.93. The van der Waals surface area contributed by atoms with E-state index in [-0.39, 0.29) is 18.4 Å². The SMILES string of the molecule is Cc1nc(CN2CCN(CC(=O)NCC(=O)N3CCCC3)CC2)cs1. The van der Waals surface area contributed by atoms with Crippen LogP contribution in [0.25, 0.3) is 0 Å². The van der Waals surface area contributed by atoms with Crippen LogP contribution in [0.1, 0.15) is 23.5 Å². The lowest BCUT2D eigenvalue weighted by Gasteiger charge is -2.33. The predicted octanol–water partition coefficient (Wildman–Crippen LogP) is 0.308. The molecule has 3 heterocycles. The van der Waals surface area contributed by atoms with Crippen molar-refractivity contribution in [2.45, 2.75) is 26.3 Å². The Bertz CT molecular complexity index is 592. The number of hydrogen-bond acceptors (Lipinski definition) is 6. The summed E-state index contributed by atoms with van der Waals surface area (Å²) in [4.78, 5) is 34.9. The molecular formula is C17H27N5O2S. The number of aromatic nitrogens is 1. The lowest BCUT2D eigenvalue weighted by molar-refractivity contribution is -0.132. The first-order chi connectivity index (χ1) is 12.1. The molecule has 0 unspecified atom stereocenters. The molecule has 0 atom stereocenters. The van der Waals surface area contributed by atoms with Gasteiger partial charge in [0.15, 0.2) is 0 Å². The average molecular weight is 366 g/mol. The topological polar surface area (TPSA) is 68.8 Å². The Morgan fingerprint density at radius 1 is 1.12 bits per heavy atom. The van der Waals surface area contributed by atoms with Gasteiger partial charge in [-0.1, -0.05) is 0 Å². The molecule has 1 aromatic rings. The minimum absolute atomic E-state index is 0.0363. The van der Waals surface area contributed by atoms with Crippen molar-refractivity contribution in [1.82, 2.24) is 25.0 Å². The van der Waals surface area contributed by atoms with E-state index in [1.807, 2.05) is 11.8 Å². The van der Waals surface area contributed by atoms with Gasteiger partial charge in [-0.3, -0.25) is 19.4 Å². The summed E-state index contributed by atoms with van der Waals surface area (Å²) in [5.74, 6) is -0.0228. The lowest BCUT2D eigenvalue weighted by Crippen LogP contribution is -2.50. The van der Waals surface area contributed by atoms with Crippen LogP contribution in [-0.4, -0.2) is 83.9 Å². The molecular weight excluding hydrogens is 338 g/mol. The Kier molecular flexibility index (Phi) is 6.39. The molecule has 0 saturated carbocycles. The van der Waals surface area contributed by atoms with Crippen LogP contribution in [0, 0.1) is 6.92 Å². The van der Waals surface area contributed by atoms with Crippen molar-refractivity contribution in [3.63, 3.8) is 0 Å². The van der Waals surface area contributed by atoms with Gasteiger partial charge in [0.1, 0.15) is 0 Å². The maximum Gasteiger partial charge on any atom is 0.241 e. The van der Waals surface area contributed by atoms with Crippen LogP contribution in [0.15, 0.2) is 5.38 Å². The second kappa shape index (κ2) is 8.73. The van der Waals surface area contributed by atoms with Gasteiger partial charge in [-0.15, -0.1) is 11.3 Å². The van der Waals surface area contributed by atoms with E-state index in [4.69, 9.17) is 0 Å². The number of likely N-dealkylation sites (tertiary alicyclic amines) is 1. The van der Waals surface area contributed by atoms with Gasteiger partial charge >= 0.3 is 0 Å². The third kappa shape index (κ3) is 5.49. The van der Waals surface area contributed by atoms with Crippen molar-refractivity contribution in [1.29, 1.82) is 0 Å². The number of nitrogens with one attached hydrogen (secondary N) is 1. The van der Waals surface area contributed by atoms with Gasteiger partial charge in [-0.25, -0.2) is 4.98 Å². The summed E-state index contributed by atoms with van der Waals surface area (Å²) in [7, 11) is 0. The summed E-state index contributed by atoms with van der Waals surface area (Å²) in [5.41, 5.74) is 1.13. The molecule has 8 heteroatoms. The molecule has 2 aliphatic rings. The summed E-state index contributed by atoms with van der Waals surface area (Å²) in [6.45, 7) is 8.69. The Hall–Kier alpha value is -1.51. The Balaban J connectivity index is 1.32. The molecule has 0 spiro atoms. The number of aryl methyl sites for hydroxylation is 1. The van der Waals surface area contributed by atoms with Gasteiger partial charge in [-0.2, -0.15) is 0 Å². The molecule has 0 bridgehead atoms. The highest BCUT2D eigenvalue weighted by Gasteiger charge is 2.21. The van der Waals surface area contributed by atoms with E-state index in [1.54, 1.807) is 11.3 Å². The minimum atomic E-state index is -0.0591. The van der Waals surface area contributed by atoms with Gasteiger partial charge in [0.05, 0.1) is 23.8 Å². The molecule has 2 saturated heterocycles. The van der Waals surface area contributed by atoms with Crippen molar-refractivity contribution >= 4 is 23.2 Å². The second-order valence-electron chi connectivity index (χ2n) is 6.77. The fourth-order valence-electron chi connectivity index (χ4n) is 3.33.